The Morgan fingerprint density at radius 1 is 1.17 bits per heavy atom. The molecule has 2 heterocycles. The molecule has 0 saturated carbocycles. The number of fused-ring (bicyclic) bond motifs is 1. The van der Waals surface area contributed by atoms with E-state index < -0.39 is 0 Å². The molecular formula is C20H16N2OS. The number of hydrogen-bond donors (Lipinski definition) is 1. The Kier molecular flexibility index (Phi) is 3.75. The predicted molar refractivity (Wildman–Crippen MR) is 100 cm³/mol. The molecule has 0 spiro atoms. The van der Waals surface area contributed by atoms with Crippen LogP contribution in [-0.2, 0) is 12.8 Å². The van der Waals surface area contributed by atoms with Crippen molar-refractivity contribution in [3.63, 3.8) is 0 Å². The van der Waals surface area contributed by atoms with Crippen molar-refractivity contribution in [3.05, 3.63) is 70.6 Å². The maximum atomic E-state index is 12.7. The SMILES string of the molecule is Nc1ccc(-c2cccs2)cc1CC(=O)c1ccc2c(c1)N=CC2. The molecule has 0 unspecified atom stereocenters. The molecule has 0 radical (unpaired) electrons. The van der Waals surface area contributed by atoms with Crippen molar-refractivity contribution < 1.29 is 4.79 Å². The van der Waals surface area contributed by atoms with Crippen LogP contribution in [0.4, 0.5) is 11.4 Å². The molecule has 2 N–H and O–H groups in total. The largest absolute Gasteiger partial charge is 0.398 e. The average molecular weight is 332 g/mol. The first kappa shape index (κ1) is 14.8. The van der Waals surface area contributed by atoms with Crippen LogP contribution < -0.4 is 5.73 Å². The standard InChI is InChI=1S/C20H16N2OS/c21-17-6-5-15(20-2-1-9-24-20)10-16(17)12-19(23)14-4-3-13-7-8-22-18(13)11-14/h1-6,8-11H,7,12,21H2. The Hall–Kier alpha value is -2.72. The van der Waals surface area contributed by atoms with Crippen molar-refractivity contribution in [1.82, 2.24) is 0 Å². The summed E-state index contributed by atoms with van der Waals surface area (Å²) in [5.41, 5.74) is 11.5. The van der Waals surface area contributed by atoms with Crippen molar-refractivity contribution in [2.24, 2.45) is 4.99 Å². The number of ketones is 1. The van der Waals surface area contributed by atoms with Gasteiger partial charge in [0.1, 0.15) is 0 Å². The Bertz CT molecular complexity index is 942. The third-order valence-corrected chi connectivity index (χ3v) is 5.17. The minimum atomic E-state index is 0.0647. The van der Waals surface area contributed by atoms with Gasteiger partial charge in [0.15, 0.2) is 5.78 Å². The fraction of sp³-hybridized carbons (Fsp3) is 0.100. The number of Topliss-reactive ketones (excluding diaryl/α,β-unsaturated/α-hetero) is 1. The highest BCUT2D eigenvalue weighted by atomic mass is 32.1. The molecule has 4 rings (SSSR count). The summed E-state index contributed by atoms with van der Waals surface area (Å²) in [6.45, 7) is 0. The molecule has 4 heteroatoms. The van der Waals surface area contributed by atoms with E-state index in [2.05, 4.69) is 11.1 Å². The van der Waals surface area contributed by atoms with E-state index in [0.29, 0.717) is 17.7 Å². The van der Waals surface area contributed by atoms with Gasteiger partial charge >= 0.3 is 0 Å². The summed E-state index contributed by atoms with van der Waals surface area (Å²) in [7, 11) is 0. The molecule has 0 aliphatic carbocycles. The van der Waals surface area contributed by atoms with Crippen molar-refractivity contribution in [3.8, 4) is 10.4 Å². The number of nitrogens with zero attached hydrogens (tertiary/aromatic N) is 1. The fourth-order valence-electron chi connectivity index (χ4n) is 2.90. The van der Waals surface area contributed by atoms with Crippen molar-refractivity contribution in [2.45, 2.75) is 12.8 Å². The number of thiophene rings is 1. The lowest BCUT2D eigenvalue weighted by atomic mass is 9.98. The number of hydrogen-bond acceptors (Lipinski definition) is 4. The number of nitrogen functional groups attached to an aromatic ring is 1. The van der Waals surface area contributed by atoms with Gasteiger partial charge in [-0.25, -0.2) is 0 Å². The summed E-state index contributed by atoms with van der Waals surface area (Å²) in [4.78, 5) is 18.1. The highest BCUT2D eigenvalue weighted by Gasteiger charge is 2.14. The molecule has 1 aliphatic rings. The molecule has 0 fully saturated rings. The second kappa shape index (κ2) is 6.06. The quantitative estimate of drug-likeness (QED) is 0.557. The molecule has 0 bridgehead atoms. The number of carbonyl (C=O) groups is 1. The van der Waals surface area contributed by atoms with Crippen LogP contribution in [0.2, 0.25) is 0 Å². The van der Waals surface area contributed by atoms with E-state index in [4.69, 9.17) is 5.73 Å². The molecule has 24 heavy (non-hydrogen) atoms. The van der Waals surface area contributed by atoms with Crippen LogP contribution in [0, 0.1) is 0 Å². The lowest BCUT2D eigenvalue weighted by Gasteiger charge is -2.08. The molecule has 1 aromatic heterocycles. The van der Waals surface area contributed by atoms with Gasteiger partial charge in [0.25, 0.3) is 0 Å². The Labute approximate surface area is 144 Å². The van der Waals surface area contributed by atoms with Gasteiger partial charge in [-0.1, -0.05) is 24.3 Å². The zero-order valence-electron chi connectivity index (χ0n) is 13.0. The third kappa shape index (κ3) is 2.76. The van der Waals surface area contributed by atoms with E-state index in [-0.39, 0.29) is 5.78 Å². The summed E-state index contributed by atoms with van der Waals surface area (Å²) in [6, 6.07) is 15.7. The molecule has 3 aromatic rings. The second-order valence-corrected chi connectivity index (χ2v) is 6.80. The second-order valence-electron chi connectivity index (χ2n) is 5.85. The Morgan fingerprint density at radius 2 is 2.08 bits per heavy atom. The zero-order valence-corrected chi connectivity index (χ0v) is 13.8. The summed E-state index contributed by atoms with van der Waals surface area (Å²) in [5, 5.41) is 2.04. The van der Waals surface area contributed by atoms with E-state index in [1.165, 1.54) is 10.4 Å². The van der Waals surface area contributed by atoms with E-state index in [9.17, 15) is 4.79 Å². The maximum Gasteiger partial charge on any atom is 0.167 e. The smallest absolute Gasteiger partial charge is 0.167 e. The van der Waals surface area contributed by atoms with Gasteiger partial charge < -0.3 is 5.73 Å². The first-order chi connectivity index (χ1) is 11.7. The molecule has 0 atom stereocenters. The van der Waals surface area contributed by atoms with E-state index >= 15 is 0 Å². The number of aliphatic imine (C=N–C) groups is 1. The minimum Gasteiger partial charge on any atom is -0.398 e. The summed E-state index contributed by atoms with van der Waals surface area (Å²) in [5.74, 6) is 0.0647. The van der Waals surface area contributed by atoms with Crippen LogP contribution in [0.25, 0.3) is 10.4 Å². The van der Waals surface area contributed by atoms with Crippen LogP contribution in [0.3, 0.4) is 0 Å². The first-order valence-electron chi connectivity index (χ1n) is 7.81. The molecule has 2 aromatic carbocycles. The normalized spacial score (nSPS) is 12.3. The molecule has 0 amide bonds. The highest BCUT2D eigenvalue weighted by molar-refractivity contribution is 7.13. The van der Waals surface area contributed by atoms with Crippen molar-refractivity contribution >= 4 is 34.7 Å². The van der Waals surface area contributed by atoms with Gasteiger partial charge in [0.2, 0.25) is 0 Å². The lowest BCUT2D eigenvalue weighted by molar-refractivity contribution is 0.0993. The van der Waals surface area contributed by atoms with Gasteiger partial charge in [-0.3, -0.25) is 9.79 Å². The van der Waals surface area contributed by atoms with E-state index in [0.717, 1.165) is 23.2 Å². The van der Waals surface area contributed by atoms with Crippen molar-refractivity contribution in [1.29, 1.82) is 0 Å². The molecule has 1 aliphatic heterocycles. The van der Waals surface area contributed by atoms with Gasteiger partial charge in [-0.2, -0.15) is 0 Å². The highest BCUT2D eigenvalue weighted by Crippen LogP contribution is 2.29. The van der Waals surface area contributed by atoms with Gasteiger partial charge in [-0.15, -0.1) is 11.3 Å². The van der Waals surface area contributed by atoms with E-state index in [1.807, 2.05) is 54.1 Å². The maximum absolute atomic E-state index is 12.7. The van der Waals surface area contributed by atoms with Crippen LogP contribution in [0.5, 0.6) is 0 Å². The molecular weight excluding hydrogens is 316 g/mol. The number of nitrogens with two attached hydrogens (primary N) is 1. The van der Waals surface area contributed by atoms with Gasteiger partial charge in [-0.05, 0) is 46.3 Å². The summed E-state index contributed by atoms with van der Waals surface area (Å²) in [6.07, 6.45) is 3.02. The number of benzene rings is 2. The minimum absolute atomic E-state index is 0.0647. The van der Waals surface area contributed by atoms with Crippen LogP contribution in [-0.4, -0.2) is 12.0 Å². The number of carbonyl (C=O) groups excluding carboxylic acids is 1. The van der Waals surface area contributed by atoms with E-state index in [1.54, 1.807) is 11.3 Å². The van der Waals surface area contributed by atoms with Crippen LogP contribution >= 0.6 is 11.3 Å². The first-order valence-corrected chi connectivity index (χ1v) is 8.69. The summed E-state index contributed by atoms with van der Waals surface area (Å²) < 4.78 is 0. The number of anilines is 1. The van der Waals surface area contributed by atoms with Gasteiger partial charge in [0.05, 0.1) is 5.69 Å². The van der Waals surface area contributed by atoms with Crippen molar-refractivity contribution in [2.75, 3.05) is 5.73 Å². The third-order valence-electron chi connectivity index (χ3n) is 4.25. The molecule has 118 valence electrons. The predicted octanol–water partition coefficient (Wildman–Crippen LogP) is 4.68. The van der Waals surface area contributed by atoms with Crippen LogP contribution in [0.1, 0.15) is 21.5 Å². The number of rotatable bonds is 4. The molecule has 3 nitrogen and oxygen atoms in total. The zero-order chi connectivity index (χ0) is 16.5. The summed E-state index contributed by atoms with van der Waals surface area (Å²) >= 11 is 1.68. The van der Waals surface area contributed by atoms with Crippen LogP contribution in [0.15, 0.2) is 58.9 Å². The Balaban J connectivity index is 1.62. The topological polar surface area (TPSA) is 55.5 Å². The average Bonchev–Trinajstić information content (AvgIpc) is 3.27. The van der Waals surface area contributed by atoms with Gasteiger partial charge in [0, 0.05) is 35.2 Å². The Morgan fingerprint density at radius 3 is 2.92 bits per heavy atom. The molecule has 0 saturated heterocycles. The monoisotopic (exact) mass is 332 g/mol. The fourth-order valence-corrected chi connectivity index (χ4v) is 3.63. The lowest BCUT2D eigenvalue weighted by Crippen LogP contribution is -2.06.